The Morgan fingerprint density at radius 2 is 2.03 bits per heavy atom. The van der Waals surface area contributed by atoms with Crippen LogP contribution in [0.5, 0.6) is 5.75 Å². The van der Waals surface area contributed by atoms with Crippen LogP contribution in [0.2, 0.25) is 0 Å². The highest BCUT2D eigenvalue weighted by Crippen LogP contribution is 2.45. The van der Waals surface area contributed by atoms with E-state index in [1.165, 1.54) is 30.0 Å². The molecule has 1 aromatic heterocycles. The fraction of sp³-hybridized carbons (Fsp3) is 0.435. The van der Waals surface area contributed by atoms with Crippen molar-refractivity contribution in [1.82, 2.24) is 15.2 Å². The van der Waals surface area contributed by atoms with Crippen molar-refractivity contribution in [2.75, 3.05) is 13.1 Å². The molecule has 2 atom stereocenters. The molecule has 0 spiro atoms. The van der Waals surface area contributed by atoms with Gasteiger partial charge in [-0.3, -0.25) is 14.6 Å². The third-order valence-electron chi connectivity index (χ3n) is 4.92. The Morgan fingerprint density at radius 1 is 1.24 bits per heavy atom. The zero-order valence-electron chi connectivity index (χ0n) is 18.3. The number of hydrogen-bond donors (Lipinski definition) is 1. The highest BCUT2D eigenvalue weighted by atomic mass is 32.2. The van der Waals surface area contributed by atoms with Crippen LogP contribution in [0, 0.1) is 5.92 Å². The monoisotopic (exact) mass is 481 g/mol. The number of alkyl halides is 3. The van der Waals surface area contributed by atoms with E-state index in [1.54, 1.807) is 23.2 Å². The first kappa shape index (κ1) is 24.9. The smallest absolute Gasteiger partial charge is 0.406 e. The third-order valence-corrected chi connectivity index (χ3v) is 6.41. The maximum absolute atomic E-state index is 13.2. The van der Waals surface area contributed by atoms with Crippen molar-refractivity contribution in [2.45, 2.75) is 43.7 Å². The van der Waals surface area contributed by atoms with E-state index >= 15 is 0 Å². The first-order valence-electron chi connectivity index (χ1n) is 10.6. The fourth-order valence-electron chi connectivity index (χ4n) is 3.41. The molecule has 6 nitrogen and oxygen atoms in total. The van der Waals surface area contributed by atoms with Crippen molar-refractivity contribution in [1.29, 1.82) is 0 Å². The van der Waals surface area contributed by atoms with Gasteiger partial charge in [0.1, 0.15) is 11.1 Å². The number of carbonyl (C=O) groups excluding carboxylic acids is 2. The second kappa shape index (κ2) is 10.9. The summed E-state index contributed by atoms with van der Waals surface area (Å²) in [5.74, 6) is -0.521. The number of amides is 2. The highest BCUT2D eigenvalue weighted by Gasteiger charge is 2.42. The fourth-order valence-corrected chi connectivity index (χ4v) is 4.88. The lowest BCUT2D eigenvalue weighted by atomic mass is 10.1. The van der Waals surface area contributed by atoms with Gasteiger partial charge in [-0.25, -0.2) is 0 Å². The van der Waals surface area contributed by atoms with E-state index in [9.17, 15) is 22.8 Å². The maximum atomic E-state index is 13.2. The van der Waals surface area contributed by atoms with Gasteiger partial charge in [-0.2, -0.15) is 0 Å². The van der Waals surface area contributed by atoms with Gasteiger partial charge < -0.3 is 15.0 Å². The van der Waals surface area contributed by atoms with Crippen molar-refractivity contribution in [3.63, 3.8) is 0 Å². The Balaban J connectivity index is 1.79. The van der Waals surface area contributed by atoms with Crippen LogP contribution in [0.15, 0.2) is 48.7 Å². The molecular formula is C23H26F3N3O3S. The number of aromatic nitrogens is 1. The summed E-state index contributed by atoms with van der Waals surface area (Å²) in [5, 5.41) is 1.65. The number of thioether (sulfide) groups is 1. The lowest BCUT2D eigenvalue weighted by Gasteiger charge is -2.24. The van der Waals surface area contributed by atoms with Crippen LogP contribution in [0.4, 0.5) is 13.2 Å². The predicted octanol–water partition coefficient (Wildman–Crippen LogP) is 4.33. The molecule has 2 amide bonds. The quantitative estimate of drug-likeness (QED) is 0.577. The van der Waals surface area contributed by atoms with E-state index in [0.29, 0.717) is 25.1 Å². The normalized spacial score (nSPS) is 18.6. The van der Waals surface area contributed by atoms with Gasteiger partial charge in [-0.05, 0) is 35.7 Å². The van der Waals surface area contributed by atoms with Crippen molar-refractivity contribution < 1.29 is 27.5 Å². The van der Waals surface area contributed by atoms with Gasteiger partial charge in [-0.15, -0.1) is 24.9 Å². The number of nitrogens with one attached hydrogen (secondary N) is 1. The largest absolute Gasteiger partial charge is 0.573 e. The van der Waals surface area contributed by atoms with Crippen molar-refractivity contribution in [3.8, 4) is 5.75 Å². The number of carbonyl (C=O) groups is 2. The molecule has 2 aromatic rings. The molecular weight excluding hydrogens is 455 g/mol. The van der Waals surface area contributed by atoms with E-state index in [-0.39, 0.29) is 29.9 Å². The molecule has 1 N–H and O–H groups in total. The van der Waals surface area contributed by atoms with Crippen LogP contribution in [0.1, 0.15) is 36.9 Å². The number of halogens is 3. The molecule has 1 aliphatic rings. The van der Waals surface area contributed by atoms with E-state index in [2.05, 4.69) is 15.0 Å². The summed E-state index contributed by atoms with van der Waals surface area (Å²) in [6.07, 6.45) is -2.67. The Hall–Kier alpha value is -2.75. The zero-order chi connectivity index (χ0) is 24.0. The molecule has 2 unspecified atom stereocenters. The molecule has 0 saturated carbocycles. The van der Waals surface area contributed by atoms with Gasteiger partial charge >= 0.3 is 6.36 Å². The zero-order valence-corrected chi connectivity index (χ0v) is 19.2. The Kier molecular flexibility index (Phi) is 8.23. The molecule has 0 aliphatic carbocycles. The van der Waals surface area contributed by atoms with Gasteiger partial charge in [-0.1, -0.05) is 32.0 Å². The highest BCUT2D eigenvalue weighted by molar-refractivity contribution is 8.01. The van der Waals surface area contributed by atoms with Crippen LogP contribution < -0.4 is 10.1 Å². The average Bonchev–Trinajstić information content (AvgIpc) is 3.06. The molecule has 1 aliphatic heterocycles. The number of ether oxygens (including phenoxy) is 1. The van der Waals surface area contributed by atoms with E-state index in [0.717, 1.165) is 5.69 Å². The summed E-state index contributed by atoms with van der Waals surface area (Å²) in [5.41, 5.74) is 1.29. The van der Waals surface area contributed by atoms with E-state index < -0.39 is 17.0 Å². The molecule has 0 bridgehead atoms. The molecule has 1 fully saturated rings. The van der Waals surface area contributed by atoms with Crippen molar-refractivity contribution >= 4 is 23.6 Å². The van der Waals surface area contributed by atoms with Gasteiger partial charge in [0.15, 0.2) is 0 Å². The summed E-state index contributed by atoms with van der Waals surface area (Å²) in [6, 6.07) is 11.1. The Bertz CT molecular complexity index is 957. The summed E-state index contributed by atoms with van der Waals surface area (Å²) >= 11 is 1.26. The summed E-state index contributed by atoms with van der Waals surface area (Å²) in [4.78, 5) is 31.4. The minimum atomic E-state index is -4.81. The molecule has 1 saturated heterocycles. The number of hydrogen-bond acceptors (Lipinski definition) is 5. The van der Waals surface area contributed by atoms with Crippen LogP contribution in [-0.4, -0.2) is 46.4 Å². The number of pyridine rings is 1. The third kappa shape index (κ3) is 7.38. The predicted molar refractivity (Wildman–Crippen MR) is 119 cm³/mol. The summed E-state index contributed by atoms with van der Waals surface area (Å²) in [7, 11) is 0. The lowest BCUT2D eigenvalue weighted by molar-refractivity contribution is -0.274. The minimum absolute atomic E-state index is 0.00550. The SMILES string of the molecule is CC(C)CNC(=O)CC1SC(c2cccc(OC(F)(F)F)c2)N(CCc2ccccn2)C1=O. The van der Waals surface area contributed by atoms with Gasteiger partial charge in [0.05, 0.1) is 5.25 Å². The Morgan fingerprint density at radius 3 is 2.70 bits per heavy atom. The van der Waals surface area contributed by atoms with E-state index in [1.807, 2.05) is 26.0 Å². The Labute approximate surface area is 194 Å². The minimum Gasteiger partial charge on any atom is -0.406 e. The van der Waals surface area contributed by atoms with Crippen LogP contribution >= 0.6 is 11.8 Å². The number of rotatable bonds is 9. The standard InChI is InChI=1S/C23H26F3N3O3S/c1-15(2)14-28-20(30)13-19-21(31)29(11-9-17-7-3-4-10-27-17)22(33-19)16-6-5-8-18(12-16)32-23(24,25)26/h3-8,10,12,15,19,22H,9,11,13-14H2,1-2H3,(H,28,30). The molecule has 33 heavy (non-hydrogen) atoms. The summed E-state index contributed by atoms with van der Waals surface area (Å²) in [6.45, 7) is 4.78. The maximum Gasteiger partial charge on any atom is 0.573 e. The first-order chi connectivity index (χ1) is 15.6. The number of nitrogens with zero attached hydrogens (tertiary/aromatic N) is 2. The molecule has 3 rings (SSSR count). The van der Waals surface area contributed by atoms with Gasteiger partial charge in [0.25, 0.3) is 0 Å². The second-order valence-electron chi connectivity index (χ2n) is 8.10. The molecule has 178 valence electrons. The topological polar surface area (TPSA) is 71.5 Å². The molecule has 2 heterocycles. The van der Waals surface area contributed by atoms with Gasteiger partial charge in [0.2, 0.25) is 11.8 Å². The molecule has 0 radical (unpaired) electrons. The first-order valence-corrected chi connectivity index (χ1v) is 11.5. The average molecular weight is 482 g/mol. The second-order valence-corrected chi connectivity index (χ2v) is 9.39. The van der Waals surface area contributed by atoms with Crippen LogP contribution in [0.3, 0.4) is 0 Å². The van der Waals surface area contributed by atoms with Crippen LogP contribution in [0.25, 0.3) is 0 Å². The molecule has 10 heteroatoms. The summed E-state index contributed by atoms with van der Waals surface area (Å²) < 4.78 is 42.1. The number of benzene rings is 1. The lowest BCUT2D eigenvalue weighted by Crippen LogP contribution is -2.36. The van der Waals surface area contributed by atoms with Crippen molar-refractivity contribution in [2.24, 2.45) is 5.92 Å². The van der Waals surface area contributed by atoms with E-state index in [4.69, 9.17) is 0 Å². The van der Waals surface area contributed by atoms with Gasteiger partial charge in [0, 0.05) is 37.8 Å². The van der Waals surface area contributed by atoms with Crippen molar-refractivity contribution in [3.05, 3.63) is 59.9 Å². The van der Waals surface area contributed by atoms with Crippen LogP contribution in [-0.2, 0) is 16.0 Å². The molecule has 1 aromatic carbocycles.